The van der Waals surface area contributed by atoms with E-state index in [0.717, 1.165) is 18.1 Å². The molecule has 0 aliphatic heterocycles. The maximum absolute atomic E-state index is 8.84. The van der Waals surface area contributed by atoms with Gasteiger partial charge in [-0.1, -0.05) is 6.92 Å². The third-order valence-electron chi connectivity index (χ3n) is 2.13. The summed E-state index contributed by atoms with van der Waals surface area (Å²) in [5, 5.41) is 8.84. The number of aliphatic hydroxyl groups is 1. The smallest absolute Gasteiger partial charge is 0.156 e. The number of imidazole rings is 1. The Hall–Kier alpha value is -1.75. The average Bonchev–Trinajstić information content (AvgIpc) is 2.77. The topological polar surface area (TPSA) is 63.8 Å². The molecule has 5 heteroatoms. The molecular formula is C10H12N4O. The Kier molecular flexibility index (Phi) is 2.73. The lowest BCUT2D eigenvalue weighted by Gasteiger charge is -2.04. The Bertz CT molecular complexity index is 435. The van der Waals surface area contributed by atoms with E-state index in [-0.39, 0.29) is 6.61 Å². The van der Waals surface area contributed by atoms with Crippen molar-refractivity contribution in [3.05, 3.63) is 36.3 Å². The van der Waals surface area contributed by atoms with Gasteiger partial charge in [0.15, 0.2) is 5.82 Å². The van der Waals surface area contributed by atoms with Crippen molar-refractivity contribution in [1.82, 2.24) is 19.5 Å². The average molecular weight is 204 g/mol. The number of hydrogen-bond acceptors (Lipinski definition) is 4. The molecule has 0 radical (unpaired) electrons. The molecule has 2 rings (SSSR count). The van der Waals surface area contributed by atoms with E-state index in [1.807, 2.05) is 17.7 Å². The molecule has 0 amide bonds. The number of aryl methyl sites for hydroxylation is 1. The molecule has 1 N–H and O–H groups in total. The monoisotopic (exact) mass is 204 g/mol. The van der Waals surface area contributed by atoms with E-state index >= 15 is 0 Å². The normalized spacial score (nSPS) is 10.5. The van der Waals surface area contributed by atoms with E-state index in [9.17, 15) is 0 Å². The van der Waals surface area contributed by atoms with Crippen molar-refractivity contribution < 1.29 is 5.11 Å². The Labute approximate surface area is 87.5 Å². The Balaban J connectivity index is 2.37. The van der Waals surface area contributed by atoms with Crippen molar-refractivity contribution in [2.24, 2.45) is 0 Å². The predicted molar refractivity (Wildman–Crippen MR) is 54.5 cm³/mol. The fourth-order valence-corrected chi connectivity index (χ4v) is 1.36. The third-order valence-corrected chi connectivity index (χ3v) is 2.13. The summed E-state index contributed by atoms with van der Waals surface area (Å²) in [6, 6.07) is 0. The van der Waals surface area contributed by atoms with Crippen LogP contribution in [0.4, 0.5) is 0 Å². The summed E-state index contributed by atoms with van der Waals surface area (Å²) in [7, 11) is 0. The molecule has 2 heterocycles. The Morgan fingerprint density at radius 3 is 2.73 bits per heavy atom. The SMILES string of the molecule is CCc1nccn1-c1cnc(CO)cn1. The summed E-state index contributed by atoms with van der Waals surface area (Å²) < 4.78 is 1.88. The van der Waals surface area contributed by atoms with Gasteiger partial charge in [-0.2, -0.15) is 0 Å². The second-order valence-electron chi connectivity index (χ2n) is 3.09. The van der Waals surface area contributed by atoms with E-state index < -0.39 is 0 Å². The number of hydrogen-bond donors (Lipinski definition) is 1. The lowest BCUT2D eigenvalue weighted by Crippen LogP contribution is -2.03. The molecule has 0 bridgehead atoms. The van der Waals surface area contributed by atoms with Crippen molar-refractivity contribution in [2.45, 2.75) is 20.0 Å². The number of rotatable bonds is 3. The fraction of sp³-hybridized carbons (Fsp3) is 0.300. The summed E-state index contributed by atoms with van der Waals surface area (Å²) in [5.74, 6) is 1.67. The summed E-state index contributed by atoms with van der Waals surface area (Å²) in [5.41, 5.74) is 0.567. The van der Waals surface area contributed by atoms with Gasteiger partial charge in [0.1, 0.15) is 5.82 Å². The van der Waals surface area contributed by atoms with E-state index in [1.165, 1.54) is 0 Å². The molecule has 0 aliphatic rings. The first-order valence-corrected chi connectivity index (χ1v) is 4.79. The standard InChI is InChI=1S/C10H12N4O/c1-2-9-11-3-4-14(9)10-6-12-8(7-15)5-13-10/h3-6,15H,2,7H2,1H3. The number of aliphatic hydroxyl groups excluding tert-OH is 1. The Morgan fingerprint density at radius 2 is 2.13 bits per heavy atom. The zero-order valence-corrected chi connectivity index (χ0v) is 8.46. The van der Waals surface area contributed by atoms with Crippen molar-refractivity contribution in [3.63, 3.8) is 0 Å². The third kappa shape index (κ3) is 1.87. The van der Waals surface area contributed by atoms with Crippen LogP contribution in [0.2, 0.25) is 0 Å². The van der Waals surface area contributed by atoms with Crippen LogP contribution in [0.1, 0.15) is 18.4 Å². The van der Waals surface area contributed by atoms with Crippen LogP contribution in [-0.4, -0.2) is 24.6 Å². The number of nitrogens with zero attached hydrogens (tertiary/aromatic N) is 4. The van der Waals surface area contributed by atoms with Crippen LogP contribution in [-0.2, 0) is 13.0 Å². The molecule has 0 unspecified atom stereocenters. The van der Waals surface area contributed by atoms with Gasteiger partial charge in [-0.25, -0.2) is 9.97 Å². The minimum Gasteiger partial charge on any atom is -0.390 e. The highest BCUT2D eigenvalue weighted by Crippen LogP contribution is 2.07. The minimum absolute atomic E-state index is 0.0855. The van der Waals surface area contributed by atoms with Gasteiger partial charge in [-0.3, -0.25) is 9.55 Å². The van der Waals surface area contributed by atoms with Crippen LogP contribution in [0.15, 0.2) is 24.8 Å². The van der Waals surface area contributed by atoms with E-state index in [4.69, 9.17) is 5.11 Å². The summed E-state index contributed by atoms with van der Waals surface area (Å²) >= 11 is 0. The first-order chi connectivity index (χ1) is 7.35. The first-order valence-electron chi connectivity index (χ1n) is 4.79. The zero-order chi connectivity index (χ0) is 10.7. The van der Waals surface area contributed by atoms with Crippen molar-refractivity contribution in [1.29, 1.82) is 0 Å². The molecular weight excluding hydrogens is 192 g/mol. The summed E-state index contributed by atoms with van der Waals surface area (Å²) in [4.78, 5) is 12.5. The van der Waals surface area contributed by atoms with E-state index in [1.54, 1.807) is 18.6 Å². The van der Waals surface area contributed by atoms with Crippen LogP contribution >= 0.6 is 0 Å². The van der Waals surface area contributed by atoms with Crippen LogP contribution in [0.3, 0.4) is 0 Å². The maximum atomic E-state index is 8.84. The molecule has 0 spiro atoms. The molecule has 78 valence electrons. The highest BCUT2D eigenvalue weighted by Gasteiger charge is 2.04. The molecule has 2 aromatic rings. The second kappa shape index (κ2) is 4.18. The van der Waals surface area contributed by atoms with Crippen LogP contribution in [0.25, 0.3) is 5.82 Å². The molecule has 0 atom stereocenters. The molecule has 5 nitrogen and oxygen atoms in total. The van der Waals surface area contributed by atoms with Gasteiger partial charge in [0, 0.05) is 18.8 Å². The van der Waals surface area contributed by atoms with Crippen LogP contribution < -0.4 is 0 Å². The van der Waals surface area contributed by atoms with E-state index in [0.29, 0.717) is 5.69 Å². The zero-order valence-electron chi connectivity index (χ0n) is 8.46. The molecule has 0 saturated heterocycles. The van der Waals surface area contributed by atoms with Gasteiger partial charge in [-0.15, -0.1) is 0 Å². The highest BCUT2D eigenvalue weighted by atomic mass is 16.3. The van der Waals surface area contributed by atoms with Gasteiger partial charge >= 0.3 is 0 Å². The highest BCUT2D eigenvalue weighted by molar-refractivity contribution is 5.21. The summed E-state index contributed by atoms with van der Waals surface area (Å²) in [6.45, 7) is 1.95. The van der Waals surface area contributed by atoms with Gasteiger partial charge < -0.3 is 5.11 Å². The molecule has 0 aromatic carbocycles. The fourth-order valence-electron chi connectivity index (χ4n) is 1.36. The van der Waals surface area contributed by atoms with Gasteiger partial charge in [0.2, 0.25) is 0 Å². The molecule has 2 aromatic heterocycles. The largest absolute Gasteiger partial charge is 0.390 e. The molecule has 15 heavy (non-hydrogen) atoms. The van der Waals surface area contributed by atoms with Gasteiger partial charge in [-0.05, 0) is 0 Å². The van der Waals surface area contributed by atoms with Crippen LogP contribution in [0, 0.1) is 0 Å². The van der Waals surface area contributed by atoms with Crippen molar-refractivity contribution in [2.75, 3.05) is 0 Å². The first kappa shape index (κ1) is 9.79. The number of aromatic nitrogens is 4. The Morgan fingerprint density at radius 1 is 1.27 bits per heavy atom. The molecule has 0 fully saturated rings. The van der Waals surface area contributed by atoms with E-state index in [2.05, 4.69) is 15.0 Å². The second-order valence-corrected chi connectivity index (χ2v) is 3.09. The summed E-state index contributed by atoms with van der Waals surface area (Å²) in [6.07, 6.45) is 7.62. The molecule has 0 aliphatic carbocycles. The lowest BCUT2D eigenvalue weighted by molar-refractivity contribution is 0.276. The molecule has 0 saturated carbocycles. The lowest BCUT2D eigenvalue weighted by atomic mass is 10.4. The van der Waals surface area contributed by atoms with Crippen molar-refractivity contribution in [3.8, 4) is 5.82 Å². The van der Waals surface area contributed by atoms with Crippen molar-refractivity contribution >= 4 is 0 Å². The van der Waals surface area contributed by atoms with Crippen LogP contribution in [0.5, 0.6) is 0 Å². The van der Waals surface area contributed by atoms with Gasteiger partial charge in [0.25, 0.3) is 0 Å². The maximum Gasteiger partial charge on any atom is 0.156 e. The predicted octanol–water partition coefficient (Wildman–Crippen LogP) is 0.717. The minimum atomic E-state index is -0.0855. The quantitative estimate of drug-likeness (QED) is 0.800. The van der Waals surface area contributed by atoms with Gasteiger partial charge in [0.05, 0.1) is 24.7 Å².